The maximum atomic E-state index is 13.0. The van der Waals surface area contributed by atoms with Gasteiger partial charge in [0.15, 0.2) is 0 Å². The lowest BCUT2D eigenvalue weighted by atomic mass is 9.99. The van der Waals surface area contributed by atoms with Crippen molar-refractivity contribution in [1.82, 2.24) is 10.2 Å². The number of hydrogen-bond donors (Lipinski definition) is 2. The number of benzene rings is 2. The quantitative estimate of drug-likeness (QED) is 0.570. The molecule has 1 aromatic heterocycles. The second-order valence-corrected chi connectivity index (χ2v) is 7.84. The van der Waals surface area contributed by atoms with Crippen molar-refractivity contribution in [2.75, 3.05) is 5.32 Å². The summed E-state index contributed by atoms with van der Waals surface area (Å²) in [6.45, 7) is 0. The van der Waals surface area contributed by atoms with Gasteiger partial charge >= 0.3 is 6.18 Å². The number of aromatic amines is 1. The van der Waals surface area contributed by atoms with Crippen LogP contribution in [0.25, 0.3) is 0 Å². The molecule has 162 valence electrons. The monoisotopic (exact) mass is 457 g/mol. The van der Waals surface area contributed by atoms with Gasteiger partial charge in [-0.05, 0) is 29.8 Å². The van der Waals surface area contributed by atoms with Crippen LogP contribution in [-0.2, 0) is 11.9 Å². The Morgan fingerprint density at radius 1 is 1.03 bits per heavy atom. The zero-order chi connectivity index (χ0) is 22.9. The number of fused-ring (bicyclic) bond motifs is 1. The lowest BCUT2D eigenvalue weighted by Crippen LogP contribution is -2.20. The van der Waals surface area contributed by atoms with Crippen molar-refractivity contribution in [2.45, 2.75) is 11.9 Å². The maximum absolute atomic E-state index is 13.0. The molecule has 0 saturated heterocycles. The van der Waals surface area contributed by atoms with E-state index in [4.69, 9.17) is 0 Å². The third-order valence-electron chi connectivity index (χ3n) is 4.65. The SMILES string of the molecule is O=C1C=C(SCc2ccc(C(F)(F)F)cc2)C(=O)c2c1n[nH]c2C(=O)Nc1ccccc1. The zero-order valence-corrected chi connectivity index (χ0v) is 17.0. The molecule has 6 nitrogen and oxygen atoms in total. The Kier molecular flexibility index (Phi) is 5.70. The fourth-order valence-electron chi connectivity index (χ4n) is 3.06. The first kappa shape index (κ1) is 21.6. The number of anilines is 1. The van der Waals surface area contributed by atoms with Crippen molar-refractivity contribution in [1.29, 1.82) is 0 Å². The number of aromatic nitrogens is 2. The van der Waals surface area contributed by atoms with Gasteiger partial charge in [-0.25, -0.2) is 0 Å². The summed E-state index contributed by atoms with van der Waals surface area (Å²) in [6.07, 6.45) is -3.31. The molecule has 0 fully saturated rings. The first-order chi connectivity index (χ1) is 15.2. The third kappa shape index (κ3) is 4.35. The number of halogens is 3. The summed E-state index contributed by atoms with van der Waals surface area (Å²) < 4.78 is 38.1. The van der Waals surface area contributed by atoms with Crippen LogP contribution in [0.3, 0.4) is 0 Å². The molecule has 0 bridgehead atoms. The first-order valence-corrected chi connectivity index (χ1v) is 10.3. The van der Waals surface area contributed by atoms with Crippen LogP contribution in [0.1, 0.15) is 42.5 Å². The van der Waals surface area contributed by atoms with Crippen molar-refractivity contribution in [3.8, 4) is 0 Å². The average molecular weight is 457 g/mol. The van der Waals surface area contributed by atoms with Crippen molar-refractivity contribution in [2.24, 2.45) is 0 Å². The summed E-state index contributed by atoms with van der Waals surface area (Å²) in [7, 11) is 0. The van der Waals surface area contributed by atoms with Crippen molar-refractivity contribution in [3.63, 3.8) is 0 Å². The fourth-order valence-corrected chi connectivity index (χ4v) is 3.99. The Morgan fingerprint density at radius 3 is 2.38 bits per heavy atom. The van der Waals surface area contributed by atoms with E-state index in [1.807, 2.05) is 0 Å². The minimum atomic E-state index is -4.44. The molecule has 0 atom stereocenters. The van der Waals surface area contributed by atoms with Crippen LogP contribution in [0.5, 0.6) is 0 Å². The van der Waals surface area contributed by atoms with E-state index in [2.05, 4.69) is 15.5 Å². The summed E-state index contributed by atoms with van der Waals surface area (Å²) in [5.41, 5.74) is -0.130. The van der Waals surface area contributed by atoms with E-state index in [-0.39, 0.29) is 27.6 Å². The van der Waals surface area contributed by atoms with Crippen LogP contribution in [0.2, 0.25) is 0 Å². The van der Waals surface area contributed by atoms with Crippen LogP contribution in [-0.4, -0.2) is 27.7 Å². The Hall–Kier alpha value is -3.66. The van der Waals surface area contributed by atoms with Gasteiger partial charge in [0, 0.05) is 17.5 Å². The molecule has 2 N–H and O–H groups in total. The highest BCUT2D eigenvalue weighted by molar-refractivity contribution is 8.03. The second-order valence-electron chi connectivity index (χ2n) is 6.83. The molecule has 0 aliphatic heterocycles. The van der Waals surface area contributed by atoms with Crippen LogP contribution < -0.4 is 5.32 Å². The van der Waals surface area contributed by atoms with Crippen LogP contribution in [0.4, 0.5) is 18.9 Å². The number of H-pyrrole nitrogens is 1. The van der Waals surface area contributed by atoms with Crippen LogP contribution in [0.15, 0.2) is 65.6 Å². The molecule has 3 aromatic rings. The van der Waals surface area contributed by atoms with E-state index in [1.54, 1.807) is 30.3 Å². The van der Waals surface area contributed by atoms with Crippen molar-refractivity contribution >= 4 is 34.9 Å². The topological polar surface area (TPSA) is 91.9 Å². The van der Waals surface area contributed by atoms with E-state index in [0.29, 0.717) is 11.3 Å². The second kappa shape index (κ2) is 8.46. The van der Waals surface area contributed by atoms with E-state index < -0.39 is 29.2 Å². The van der Waals surface area contributed by atoms with Gasteiger partial charge in [0.1, 0.15) is 11.4 Å². The first-order valence-electron chi connectivity index (χ1n) is 9.28. The minimum absolute atomic E-state index is 0.0811. The highest BCUT2D eigenvalue weighted by Crippen LogP contribution is 2.33. The zero-order valence-electron chi connectivity index (χ0n) is 16.2. The molecule has 1 aliphatic carbocycles. The van der Waals surface area contributed by atoms with Crippen molar-refractivity contribution in [3.05, 3.63) is 93.7 Å². The largest absolute Gasteiger partial charge is 0.416 e. The molecule has 10 heteroatoms. The summed E-state index contributed by atoms with van der Waals surface area (Å²) in [5.74, 6) is -1.55. The number of ketones is 2. The lowest BCUT2D eigenvalue weighted by Gasteiger charge is -2.13. The standard InChI is InChI=1S/C22H14F3N3O3S/c23-22(24,25)13-8-6-12(7-9-13)11-32-16-10-15(29)18-17(20(16)30)19(28-27-18)21(31)26-14-4-2-1-3-5-14/h1-10H,11H2,(H,26,31)(H,27,28). The molecular weight excluding hydrogens is 443 g/mol. The average Bonchev–Trinajstić information content (AvgIpc) is 3.22. The third-order valence-corrected chi connectivity index (χ3v) is 5.74. The van der Waals surface area contributed by atoms with Gasteiger partial charge in [-0.1, -0.05) is 30.3 Å². The number of allylic oxidation sites excluding steroid dienone is 2. The number of nitrogens with one attached hydrogen (secondary N) is 2. The Balaban J connectivity index is 1.51. The molecule has 32 heavy (non-hydrogen) atoms. The number of thioether (sulfide) groups is 1. The van der Waals surface area contributed by atoms with Crippen molar-refractivity contribution < 1.29 is 27.6 Å². The van der Waals surface area contributed by atoms with Crippen LogP contribution >= 0.6 is 11.8 Å². The Labute approximate surface area is 183 Å². The molecule has 0 unspecified atom stereocenters. The smallest absolute Gasteiger partial charge is 0.321 e. The normalized spacial score (nSPS) is 13.5. The number of rotatable bonds is 5. The van der Waals surface area contributed by atoms with Crippen LogP contribution in [0, 0.1) is 0 Å². The molecule has 0 spiro atoms. The molecule has 0 radical (unpaired) electrons. The van der Waals surface area contributed by atoms with E-state index in [1.165, 1.54) is 12.1 Å². The molecular formula is C22H14F3N3O3S. The number of amides is 1. The molecule has 1 amide bonds. The lowest BCUT2D eigenvalue weighted by molar-refractivity contribution is -0.137. The van der Waals surface area contributed by atoms with E-state index in [0.717, 1.165) is 30.0 Å². The van der Waals surface area contributed by atoms with Gasteiger partial charge in [0.25, 0.3) is 5.91 Å². The van der Waals surface area contributed by atoms with Gasteiger partial charge in [-0.15, -0.1) is 11.8 Å². The molecule has 4 rings (SSSR count). The number of hydrogen-bond acceptors (Lipinski definition) is 5. The highest BCUT2D eigenvalue weighted by Gasteiger charge is 2.34. The van der Waals surface area contributed by atoms with Gasteiger partial charge in [0.2, 0.25) is 11.6 Å². The predicted octanol–water partition coefficient (Wildman–Crippen LogP) is 4.88. The Morgan fingerprint density at radius 2 is 1.72 bits per heavy atom. The van der Waals surface area contributed by atoms with Gasteiger partial charge in [-0.3, -0.25) is 19.5 Å². The van der Waals surface area contributed by atoms with Gasteiger partial charge in [-0.2, -0.15) is 18.3 Å². The molecule has 1 heterocycles. The number of carbonyl (C=O) groups is 3. The summed E-state index contributed by atoms with van der Waals surface area (Å²) in [5, 5.41) is 8.91. The van der Waals surface area contributed by atoms with Gasteiger partial charge < -0.3 is 5.32 Å². The Bertz CT molecular complexity index is 1230. The van der Waals surface area contributed by atoms with E-state index in [9.17, 15) is 27.6 Å². The van der Waals surface area contributed by atoms with Gasteiger partial charge in [0.05, 0.1) is 16.0 Å². The fraction of sp³-hybridized carbons (Fsp3) is 0.0909. The molecule has 1 aliphatic rings. The summed E-state index contributed by atoms with van der Waals surface area (Å²) in [4.78, 5) is 38.1. The predicted molar refractivity (Wildman–Crippen MR) is 112 cm³/mol. The molecule has 0 saturated carbocycles. The number of para-hydroxylation sites is 1. The molecule has 2 aromatic carbocycles. The number of nitrogens with zero attached hydrogens (tertiary/aromatic N) is 1. The number of alkyl halides is 3. The number of Topliss-reactive ketones (excluding diaryl/α,β-unsaturated/α-hetero) is 1. The maximum Gasteiger partial charge on any atom is 0.416 e. The van der Waals surface area contributed by atoms with E-state index >= 15 is 0 Å². The number of carbonyl (C=O) groups excluding carboxylic acids is 3. The minimum Gasteiger partial charge on any atom is -0.321 e. The summed E-state index contributed by atoms with van der Waals surface area (Å²) >= 11 is 1.00. The summed E-state index contributed by atoms with van der Waals surface area (Å²) in [6, 6.07) is 13.1. The highest BCUT2D eigenvalue weighted by atomic mass is 32.2.